The maximum Gasteiger partial charge on any atom is 0.416 e. The van der Waals surface area contributed by atoms with Crippen molar-refractivity contribution in [3.05, 3.63) is 89.5 Å². The van der Waals surface area contributed by atoms with Crippen molar-refractivity contribution in [1.82, 2.24) is 0 Å². The molecule has 1 amide bonds. The minimum atomic E-state index is -4.58. The van der Waals surface area contributed by atoms with Crippen molar-refractivity contribution in [1.29, 1.82) is 0 Å². The molecule has 3 rings (SSSR count). The van der Waals surface area contributed by atoms with Crippen LogP contribution in [0.25, 0.3) is 0 Å². The van der Waals surface area contributed by atoms with Crippen LogP contribution in [0.3, 0.4) is 0 Å². The van der Waals surface area contributed by atoms with Gasteiger partial charge < -0.3 is 14.8 Å². The van der Waals surface area contributed by atoms with Gasteiger partial charge in [0.15, 0.2) is 11.6 Å². The number of hydrogen-bond donors (Lipinski definition) is 1. The summed E-state index contributed by atoms with van der Waals surface area (Å²) in [6.07, 6.45) is -5.30. The van der Waals surface area contributed by atoms with Gasteiger partial charge in [-0.3, -0.25) is 14.4 Å². The Morgan fingerprint density at radius 1 is 0.857 bits per heavy atom. The Bertz CT molecular complexity index is 1200. The summed E-state index contributed by atoms with van der Waals surface area (Å²) >= 11 is 0. The van der Waals surface area contributed by atoms with Crippen molar-refractivity contribution in [3.8, 4) is 11.5 Å². The summed E-state index contributed by atoms with van der Waals surface area (Å²) in [6.45, 7) is 0. The molecule has 1 atom stereocenters. The standard InChI is InChI=1S/C26H22F3NO5/c1-34-20-10-6-16(7-11-20)24(25(33)17-8-12-21(35-2)13-9-17)22(31)15-23(32)30-19-5-3-4-18(14-19)26(27,28)29/h3-14,24H,15H2,1-2H3,(H,30,32). The Labute approximate surface area is 199 Å². The monoisotopic (exact) mass is 485 g/mol. The molecule has 0 spiro atoms. The number of ether oxygens (including phenoxy) is 2. The van der Waals surface area contributed by atoms with E-state index in [-0.39, 0.29) is 11.3 Å². The van der Waals surface area contributed by atoms with E-state index < -0.39 is 41.6 Å². The van der Waals surface area contributed by atoms with Gasteiger partial charge in [0.25, 0.3) is 0 Å². The molecule has 0 aliphatic rings. The van der Waals surface area contributed by atoms with E-state index in [1.165, 1.54) is 32.4 Å². The van der Waals surface area contributed by atoms with Gasteiger partial charge in [-0.05, 0) is 60.2 Å². The van der Waals surface area contributed by atoms with Crippen LogP contribution < -0.4 is 14.8 Å². The fraction of sp³-hybridized carbons (Fsp3) is 0.192. The van der Waals surface area contributed by atoms with E-state index in [9.17, 15) is 27.6 Å². The Balaban J connectivity index is 1.84. The fourth-order valence-corrected chi connectivity index (χ4v) is 3.44. The molecule has 0 saturated heterocycles. The first kappa shape index (κ1) is 25.5. The largest absolute Gasteiger partial charge is 0.497 e. The minimum absolute atomic E-state index is 0.111. The van der Waals surface area contributed by atoms with Crippen molar-refractivity contribution in [2.75, 3.05) is 19.5 Å². The SMILES string of the molecule is COc1ccc(C(=O)C(C(=O)CC(=O)Nc2cccc(C(F)(F)F)c2)c2ccc(OC)cc2)cc1. The van der Waals surface area contributed by atoms with Crippen LogP contribution in [0.15, 0.2) is 72.8 Å². The second kappa shape index (κ2) is 10.9. The van der Waals surface area contributed by atoms with Gasteiger partial charge in [0.1, 0.15) is 17.4 Å². The van der Waals surface area contributed by atoms with Crippen LogP contribution in [-0.2, 0) is 15.8 Å². The lowest BCUT2D eigenvalue weighted by Gasteiger charge is -2.16. The summed E-state index contributed by atoms with van der Waals surface area (Å²) in [5, 5.41) is 2.30. The first-order valence-corrected chi connectivity index (χ1v) is 10.4. The predicted molar refractivity (Wildman–Crippen MR) is 123 cm³/mol. The number of Topliss-reactive ketones (excluding diaryl/α,β-unsaturated/α-hetero) is 2. The zero-order chi connectivity index (χ0) is 25.6. The van der Waals surface area contributed by atoms with Crippen LogP contribution in [0.1, 0.15) is 33.8 Å². The summed E-state index contributed by atoms with van der Waals surface area (Å²) in [4.78, 5) is 38.9. The number of carbonyl (C=O) groups is 3. The molecule has 6 nitrogen and oxygen atoms in total. The highest BCUT2D eigenvalue weighted by atomic mass is 19.4. The molecule has 1 unspecified atom stereocenters. The highest BCUT2D eigenvalue weighted by molar-refractivity contribution is 6.19. The smallest absolute Gasteiger partial charge is 0.416 e. The molecule has 3 aromatic carbocycles. The molecule has 0 aliphatic heterocycles. The van der Waals surface area contributed by atoms with Crippen molar-refractivity contribution in [2.24, 2.45) is 0 Å². The number of nitrogens with one attached hydrogen (secondary N) is 1. The first-order chi connectivity index (χ1) is 16.6. The number of benzene rings is 3. The highest BCUT2D eigenvalue weighted by Crippen LogP contribution is 2.31. The fourth-order valence-electron chi connectivity index (χ4n) is 3.44. The van der Waals surface area contributed by atoms with E-state index in [1.807, 2.05) is 0 Å². The van der Waals surface area contributed by atoms with Crippen LogP contribution in [0.2, 0.25) is 0 Å². The molecule has 0 fully saturated rings. The molecule has 0 aliphatic carbocycles. The van der Waals surface area contributed by atoms with E-state index >= 15 is 0 Å². The topological polar surface area (TPSA) is 81.7 Å². The average molecular weight is 485 g/mol. The minimum Gasteiger partial charge on any atom is -0.497 e. The van der Waals surface area contributed by atoms with Crippen molar-refractivity contribution >= 4 is 23.2 Å². The van der Waals surface area contributed by atoms with Gasteiger partial charge >= 0.3 is 6.18 Å². The Morgan fingerprint density at radius 3 is 1.97 bits per heavy atom. The second-order valence-electron chi connectivity index (χ2n) is 7.57. The third kappa shape index (κ3) is 6.47. The molecule has 1 N–H and O–H groups in total. The van der Waals surface area contributed by atoms with E-state index in [4.69, 9.17) is 9.47 Å². The molecule has 0 bridgehead atoms. The summed E-state index contributed by atoms with van der Waals surface area (Å²) in [5.41, 5.74) is -0.464. The van der Waals surface area contributed by atoms with Crippen LogP contribution in [0.5, 0.6) is 11.5 Å². The van der Waals surface area contributed by atoms with Gasteiger partial charge in [0.2, 0.25) is 5.91 Å². The van der Waals surface area contributed by atoms with Gasteiger partial charge in [0.05, 0.1) is 26.2 Å². The summed E-state index contributed by atoms with van der Waals surface area (Å²) < 4.78 is 49.0. The van der Waals surface area contributed by atoms with E-state index in [1.54, 1.807) is 36.4 Å². The summed E-state index contributed by atoms with van der Waals surface area (Å²) in [7, 11) is 2.95. The quantitative estimate of drug-likeness (QED) is 0.329. The molecule has 0 radical (unpaired) electrons. The second-order valence-corrected chi connectivity index (χ2v) is 7.57. The number of rotatable bonds is 9. The Hall–Kier alpha value is -4.14. The zero-order valence-electron chi connectivity index (χ0n) is 18.9. The van der Waals surface area contributed by atoms with Crippen molar-refractivity contribution in [2.45, 2.75) is 18.5 Å². The van der Waals surface area contributed by atoms with Crippen molar-refractivity contribution in [3.63, 3.8) is 0 Å². The summed E-state index contributed by atoms with van der Waals surface area (Å²) in [6, 6.07) is 16.5. The molecule has 0 heterocycles. The number of carbonyl (C=O) groups excluding carboxylic acids is 3. The third-order valence-electron chi connectivity index (χ3n) is 5.22. The Kier molecular flexibility index (Phi) is 7.91. The lowest BCUT2D eigenvalue weighted by atomic mass is 9.86. The predicted octanol–water partition coefficient (Wildman–Crippen LogP) is 5.29. The molecule has 182 valence electrons. The Morgan fingerprint density at radius 2 is 1.43 bits per heavy atom. The highest BCUT2D eigenvalue weighted by Gasteiger charge is 2.32. The third-order valence-corrected chi connectivity index (χ3v) is 5.22. The number of anilines is 1. The number of methoxy groups -OCH3 is 2. The molecular formula is C26H22F3NO5. The maximum absolute atomic E-state index is 13.3. The molecule has 35 heavy (non-hydrogen) atoms. The normalized spacial score (nSPS) is 11.9. The molecular weight excluding hydrogens is 463 g/mol. The van der Waals surface area contributed by atoms with Crippen LogP contribution in [-0.4, -0.2) is 31.7 Å². The lowest BCUT2D eigenvalue weighted by Crippen LogP contribution is -2.26. The number of alkyl halides is 3. The molecule has 0 saturated carbocycles. The van der Waals surface area contributed by atoms with Gasteiger partial charge in [-0.1, -0.05) is 18.2 Å². The number of amides is 1. The van der Waals surface area contributed by atoms with Gasteiger partial charge in [-0.25, -0.2) is 0 Å². The van der Waals surface area contributed by atoms with Gasteiger partial charge in [0, 0.05) is 11.3 Å². The molecule has 0 aromatic heterocycles. The van der Waals surface area contributed by atoms with Gasteiger partial charge in [-0.2, -0.15) is 13.2 Å². The summed E-state index contributed by atoms with van der Waals surface area (Å²) in [5.74, 6) is -2.35. The molecule has 9 heteroatoms. The lowest BCUT2D eigenvalue weighted by molar-refractivity contribution is -0.137. The number of ketones is 2. The van der Waals surface area contributed by atoms with E-state index in [0.29, 0.717) is 17.1 Å². The zero-order valence-corrected chi connectivity index (χ0v) is 18.9. The maximum atomic E-state index is 13.3. The number of hydrogen-bond acceptors (Lipinski definition) is 5. The first-order valence-electron chi connectivity index (χ1n) is 10.4. The van der Waals surface area contributed by atoms with Crippen LogP contribution >= 0.6 is 0 Å². The van der Waals surface area contributed by atoms with Crippen LogP contribution in [0.4, 0.5) is 18.9 Å². The van der Waals surface area contributed by atoms with E-state index in [0.717, 1.165) is 18.2 Å². The number of halogens is 3. The van der Waals surface area contributed by atoms with Crippen LogP contribution in [0, 0.1) is 0 Å². The van der Waals surface area contributed by atoms with Gasteiger partial charge in [-0.15, -0.1) is 0 Å². The van der Waals surface area contributed by atoms with Crippen molar-refractivity contribution < 1.29 is 37.0 Å². The average Bonchev–Trinajstić information content (AvgIpc) is 2.84. The van der Waals surface area contributed by atoms with E-state index in [2.05, 4.69) is 5.32 Å². The molecule has 3 aromatic rings.